The zero-order chi connectivity index (χ0) is 14.4. The SMILES string of the molecule is CC(C)NCC(CCc1ccc(Br)s1)c1ccccc1. The fourth-order valence-electron chi connectivity index (χ4n) is 2.29. The molecule has 3 heteroatoms. The lowest BCUT2D eigenvalue weighted by Gasteiger charge is -2.19. The van der Waals surface area contributed by atoms with Crippen molar-refractivity contribution in [3.05, 3.63) is 56.7 Å². The molecule has 20 heavy (non-hydrogen) atoms. The Labute approximate surface area is 134 Å². The molecule has 2 rings (SSSR count). The Kier molecular flexibility index (Phi) is 6.27. The Morgan fingerprint density at radius 1 is 1.10 bits per heavy atom. The summed E-state index contributed by atoms with van der Waals surface area (Å²) in [7, 11) is 0. The number of aryl methyl sites for hydroxylation is 1. The fraction of sp³-hybridized carbons (Fsp3) is 0.412. The molecule has 108 valence electrons. The van der Waals surface area contributed by atoms with Crippen LogP contribution in [0.2, 0.25) is 0 Å². The van der Waals surface area contributed by atoms with E-state index in [2.05, 4.69) is 77.6 Å². The van der Waals surface area contributed by atoms with Crippen molar-refractivity contribution in [3.63, 3.8) is 0 Å². The van der Waals surface area contributed by atoms with Crippen LogP contribution in [0.5, 0.6) is 0 Å². The highest BCUT2D eigenvalue weighted by Crippen LogP contribution is 2.27. The molecule has 0 spiro atoms. The zero-order valence-corrected chi connectivity index (χ0v) is 14.5. The van der Waals surface area contributed by atoms with Gasteiger partial charge in [0.1, 0.15) is 0 Å². The van der Waals surface area contributed by atoms with Gasteiger partial charge in [-0.3, -0.25) is 0 Å². The molecule has 1 unspecified atom stereocenters. The van der Waals surface area contributed by atoms with E-state index in [9.17, 15) is 0 Å². The van der Waals surface area contributed by atoms with Crippen molar-refractivity contribution in [2.45, 2.75) is 38.6 Å². The molecule has 0 saturated carbocycles. The van der Waals surface area contributed by atoms with E-state index in [1.165, 1.54) is 20.6 Å². The van der Waals surface area contributed by atoms with E-state index < -0.39 is 0 Å². The Morgan fingerprint density at radius 3 is 2.45 bits per heavy atom. The third kappa shape index (κ3) is 5.04. The first-order valence-corrected chi connectivity index (χ1v) is 8.78. The Bertz CT molecular complexity index is 507. The van der Waals surface area contributed by atoms with Gasteiger partial charge in [-0.2, -0.15) is 0 Å². The summed E-state index contributed by atoms with van der Waals surface area (Å²) in [4.78, 5) is 1.46. The monoisotopic (exact) mass is 351 g/mol. The first-order valence-electron chi connectivity index (χ1n) is 7.17. The molecule has 0 fully saturated rings. The topological polar surface area (TPSA) is 12.0 Å². The van der Waals surface area contributed by atoms with Gasteiger partial charge in [-0.05, 0) is 52.4 Å². The minimum absolute atomic E-state index is 0.539. The molecule has 0 radical (unpaired) electrons. The van der Waals surface area contributed by atoms with E-state index in [4.69, 9.17) is 0 Å². The van der Waals surface area contributed by atoms with Crippen molar-refractivity contribution < 1.29 is 0 Å². The first-order chi connectivity index (χ1) is 9.65. The maximum absolute atomic E-state index is 3.58. The normalized spacial score (nSPS) is 12.8. The van der Waals surface area contributed by atoms with Crippen LogP contribution in [0, 0.1) is 0 Å². The van der Waals surface area contributed by atoms with Crippen LogP contribution in [0.3, 0.4) is 0 Å². The molecular weight excluding hydrogens is 330 g/mol. The number of thiophene rings is 1. The lowest BCUT2D eigenvalue weighted by molar-refractivity contribution is 0.509. The van der Waals surface area contributed by atoms with E-state index in [1.54, 1.807) is 0 Å². The van der Waals surface area contributed by atoms with Gasteiger partial charge in [-0.1, -0.05) is 44.2 Å². The van der Waals surface area contributed by atoms with Gasteiger partial charge in [0.05, 0.1) is 3.79 Å². The van der Waals surface area contributed by atoms with Gasteiger partial charge in [0.25, 0.3) is 0 Å². The van der Waals surface area contributed by atoms with Gasteiger partial charge in [0.15, 0.2) is 0 Å². The molecule has 0 aliphatic rings. The number of benzene rings is 1. The predicted molar refractivity (Wildman–Crippen MR) is 92.7 cm³/mol. The van der Waals surface area contributed by atoms with Crippen LogP contribution >= 0.6 is 27.3 Å². The van der Waals surface area contributed by atoms with Crippen molar-refractivity contribution in [1.29, 1.82) is 0 Å². The van der Waals surface area contributed by atoms with Crippen molar-refractivity contribution in [1.82, 2.24) is 5.32 Å². The lowest BCUT2D eigenvalue weighted by atomic mass is 9.93. The lowest BCUT2D eigenvalue weighted by Crippen LogP contribution is -2.28. The third-order valence-electron chi connectivity index (χ3n) is 3.41. The quantitative estimate of drug-likeness (QED) is 0.720. The van der Waals surface area contributed by atoms with Crippen molar-refractivity contribution in [3.8, 4) is 0 Å². The maximum atomic E-state index is 3.58. The standard InChI is InChI=1S/C17H22BrNS/c1-13(2)19-12-15(14-6-4-3-5-7-14)8-9-16-10-11-17(18)20-16/h3-7,10-11,13,15,19H,8-9,12H2,1-2H3. The van der Waals surface area contributed by atoms with Crippen LogP contribution in [0.4, 0.5) is 0 Å². The molecule has 1 heterocycles. The number of halogens is 1. The molecule has 0 aliphatic carbocycles. The summed E-state index contributed by atoms with van der Waals surface area (Å²) in [5.74, 6) is 0.583. The highest BCUT2D eigenvalue weighted by atomic mass is 79.9. The second kappa shape index (κ2) is 7.96. The fourth-order valence-corrected chi connectivity index (χ4v) is 3.79. The highest BCUT2D eigenvalue weighted by Gasteiger charge is 2.12. The number of hydrogen-bond donors (Lipinski definition) is 1. The summed E-state index contributed by atoms with van der Waals surface area (Å²) in [6.45, 7) is 5.46. The molecule has 1 aromatic carbocycles. The Morgan fingerprint density at radius 2 is 1.85 bits per heavy atom. The number of nitrogens with one attached hydrogen (secondary N) is 1. The van der Waals surface area contributed by atoms with Gasteiger partial charge in [0, 0.05) is 17.5 Å². The van der Waals surface area contributed by atoms with Gasteiger partial charge in [-0.15, -0.1) is 11.3 Å². The maximum Gasteiger partial charge on any atom is 0.0701 e. The van der Waals surface area contributed by atoms with E-state index in [0.29, 0.717) is 12.0 Å². The van der Waals surface area contributed by atoms with Gasteiger partial charge >= 0.3 is 0 Å². The summed E-state index contributed by atoms with van der Waals surface area (Å²) < 4.78 is 1.23. The van der Waals surface area contributed by atoms with Crippen LogP contribution in [-0.4, -0.2) is 12.6 Å². The minimum atomic E-state index is 0.539. The summed E-state index contributed by atoms with van der Waals surface area (Å²) in [6.07, 6.45) is 2.34. The van der Waals surface area contributed by atoms with Crippen LogP contribution in [-0.2, 0) is 6.42 Å². The van der Waals surface area contributed by atoms with Crippen LogP contribution < -0.4 is 5.32 Å². The summed E-state index contributed by atoms with van der Waals surface area (Å²) >= 11 is 5.39. The van der Waals surface area contributed by atoms with Gasteiger partial charge < -0.3 is 5.32 Å². The van der Waals surface area contributed by atoms with E-state index in [1.807, 2.05) is 11.3 Å². The Hall–Kier alpha value is -0.640. The Balaban J connectivity index is 1.98. The molecule has 0 saturated heterocycles. The number of hydrogen-bond acceptors (Lipinski definition) is 2. The molecule has 0 aliphatic heterocycles. The molecule has 1 N–H and O–H groups in total. The van der Waals surface area contributed by atoms with Crippen molar-refractivity contribution >= 4 is 27.3 Å². The molecule has 1 aromatic heterocycles. The minimum Gasteiger partial charge on any atom is -0.314 e. The molecule has 1 atom stereocenters. The highest BCUT2D eigenvalue weighted by molar-refractivity contribution is 9.11. The van der Waals surface area contributed by atoms with Crippen molar-refractivity contribution in [2.24, 2.45) is 0 Å². The summed E-state index contributed by atoms with van der Waals surface area (Å²) in [6, 6.07) is 15.8. The third-order valence-corrected chi connectivity index (χ3v) is 5.09. The average molecular weight is 352 g/mol. The van der Waals surface area contributed by atoms with Crippen LogP contribution in [0.15, 0.2) is 46.3 Å². The zero-order valence-electron chi connectivity index (χ0n) is 12.1. The second-order valence-electron chi connectivity index (χ2n) is 5.42. The molecule has 0 bridgehead atoms. The number of rotatable bonds is 7. The second-order valence-corrected chi connectivity index (χ2v) is 7.96. The summed E-state index contributed by atoms with van der Waals surface area (Å²) in [5.41, 5.74) is 1.44. The molecule has 1 nitrogen and oxygen atoms in total. The van der Waals surface area contributed by atoms with Crippen LogP contribution in [0.1, 0.15) is 36.6 Å². The van der Waals surface area contributed by atoms with Gasteiger partial charge in [0.2, 0.25) is 0 Å². The predicted octanol–water partition coefficient (Wildman–Crippen LogP) is 5.23. The van der Waals surface area contributed by atoms with E-state index in [0.717, 1.165) is 13.0 Å². The average Bonchev–Trinajstić information content (AvgIpc) is 2.85. The molecule has 0 amide bonds. The van der Waals surface area contributed by atoms with Crippen molar-refractivity contribution in [2.75, 3.05) is 6.54 Å². The summed E-state index contributed by atoms with van der Waals surface area (Å²) in [5, 5.41) is 3.58. The van der Waals surface area contributed by atoms with Crippen LogP contribution in [0.25, 0.3) is 0 Å². The largest absolute Gasteiger partial charge is 0.314 e. The van der Waals surface area contributed by atoms with Gasteiger partial charge in [-0.25, -0.2) is 0 Å². The smallest absolute Gasteiger partial charge is 0.0701 e. The molecule has 2 aromatic rings. The first kappa shape index (κ1) is 15.7. The van der Waals surface area contributed by atoms with E-state index >= 15 is 0 Å². The van der Waals surface area contributed by atoms with E-state index in [-0.39, 0.29) is 0 Å². The molecular formula is C17H22BrNS.